The number of piperidine rings is 1. The van der Waals surface area contributed by atoms with E-state index in [9.17, 15) is 9.90 Å². The average molecular weight is 330 g/mol. The van der Waals surface area contributed by atoms with Crippen molar-refractivity contribution in [2.75, 3.05) is 20.6 Å². The summed E-state index contributed by atoms with van der Waals surface area (Å²) >= 11 is 0. The van der Waals surface area contributed by atoms with Crippen molar-refractivity contribution in [1.29, 1.82) is 0 Å². The number of nitrogens with one attached hydrogen (secondary N) is 1. The summed E-state index contributed by atoms with van der Waals surface area (Å²) in [5, 5.41) is 14.4. The third kappa shape index (κ3) is 2.31. The molecule has 2 N–H and O–H groups in total. The van der Waals surface area contributed by atoms with Gasteiger partial charge in [0.2, 0.25) is 0 Å². The molecule has 1 aromatic rings. The molecule has 4 nitrogen and oxygen atoms in total. The summed E-state index contributed by atoms with van der Waals surface area (Å²) in [5.41, 5.74) is 2.21. The van der Waals surface area contributed by atoms with Gasteiger partial charge >= 0.3 is 0 Å². The highest BCUT2D eigenvalue weighted by Crippen LogP contribution is 2.56. The number of hydrogen-bond donors (Lipinski definition) is 2. The molecule has 0 bridgehead atoms. The standard InChI is InChI=1S/C20H30N2O2/c1-5-15-7-8-16(18(23)21-3)13-17(15)19-9-6-10-20(19,24)14(2)22(4)12-11-19/h7-8,13-14,24H,5-6,9-12H2,1-4H3,(H,21,23). The first kappa shape index (κ1) is 17.4. The second kappa shape index (κ2) is 6.16. The lowest BCUT2D eigenvalue weighted by atomic mass is 9.61. The Labute approximate surface area is 145 Å². The van der Waals surface area contributed by atoms with Gasteiger partial charge in [0.25, 0.3) is 5.91 Å². The van der Waals surface area contributed by atoms with Crippen molar-refractivity contribution in [1.82, 2.24) is 10.2 Å². The zero-order chi connectivity index (χ0) is 17.5. The van der Waals surface area contributed by atoms with E-state index < -0.39 is 5.60 Å². The zero-order valence-electron chi connectivity index (χ0n) is 15.4. The van der Waals surface area contributed by atoms with Crippen LogP contribution in [-0.2, 0) is 11.8 Å². The molecule has 1 aliphatic heterocycles. The first-order valence-electron chi connectivity index (χ1n) is 9.17. The molecule has 4 heteroatoms. The van der Waals surface area contributed by atoms with Gasteiger partial charge in [-0.2, -0.15) is 0 Å². The van der Waals surface area contributed by atoms with Crippen molar-refractivity contribution < 1.29 is 9.90 Å². The van der Waals surface area contributed by atoms with Gasteiger partial charge in [-0.15, -0.1) is 0 Å². The van der Waals surface area contributed by atoms with E-state index >= 15 is 0 Å². The fraction of sp³-hybridized carbons (Fsp3) is 0.650. The zero-order valence-corrected chi connectivity index (χ0v) is 15.4. The van der Waals surface area contributed by atoms with Gasteiger partial charge in [0.1, 0.15) is 0 Å². The molecule has 0 radical (unpaired) electrons. The highest BCUT2D eigenvalue weighted by atomic mass is 16.3. The van der Waals surface area contributed by atoms with Gasteiger partial charge in [-0.3, -0.25) is 4.79 Å². The van der Waals surface area contributed by atoms with E-state index in [0.717, 1.165) is 38.6 Å². The van der Waals surface area contributed by atoms with Gasteiger partial charge in [0.15, 0.2) is 0 Å². The van der Waals surface area contributed by atoms with Gasteiger partial charge in [-0.05, 0) is 75.9 Å². The van der Waals surface area contributed by atoms with E-state index in [0.29, 0.717) is 5.56 Å². The van der Waals surface area contributed by atoms with Crippen molar-refractivity contribution in [2.45, 2.75) is 63.0 Å². The number of carbonyl (C=O) groups is 1. The van der Waals surface area contributed by atoms with Crippen LogP contribution in [0, 0.1) is 0 Å². The van der Waals surface area contributed by atoms with E-state index in [1.54, 1.807) is 7.05 Å². The molecule has 1 aliphatic carbocycles. The minimum atomic E-state index is -0.717. The van der Waals surface area contributed by atoms with Gasteiger partial charge in [-0.25, -0.2) is 0 Å². The monoisotopic (exact) mass is 330 g/mol. The van der Waals surface area contributed by atoms with E-state index in [1.807, 2.05) is 12.1 Å². The molecule has 1 saturated carbocycles. The van der Waals surface area contributed by atoms with Crippen molar-refractivity contribution in [3.8, 4) is 0 Å². The van der Waals surface area contributed by atoms with Gasteiger partial charge in [0.05, 0.1) is 5.60 Å². The normalized spacial score (nSPS) is 33.3. The van der Waals surface area contributed by atoms with Crippen LogP contribution < -0.4 is 5.32 Å². The Balaban J connectivity index is 2.17. The largest absolute Gasteiger partial charge is 0.387 e. The Morgan fingerprint density at radius 2 is 2.12 bits per heavy atom. The summed E-state index contributed by atoms with van der Waals surface area (Å²) in [4.78, 5) is 14.4. The molecule has 132 valence electrons. The predicted molar refractivity (Wildman–Crippen MR) is 96.4 cm³/mol. The van der Waals surface area contributed by atoms with Gasteiger partial charge < -0.3 is 15.3 Å². The predicted octanol–water partition coefficient (Wildman–Crippen LogP) is 2.49. The molecule has 3 unspecified atom stereocenters. The minimum absolute atomic E-state index is 0.0576. The first-order chi connectivity index (χ1) is 11.4. The maximum Gasteiger partial charge on any atom is 0.251 e. The third-order valence-electron chi connectivity index (χ3n) is 6.73. The van der Waals surface area contributed by atoms with Gasteiger partial charge in [0, 0.05) is 24.1 Å². The molecule has 1 saturated heterocycles. The number of nitrogens with zero attached hydrogens (tertiary/aromatic N) is 1. The number of benzene rings is 1. The lowest BCUT2D eigenvalue weighted by Crippen LogP contribution is -2.64. The van der Waals surface area contributed by atoms with Crippen LogP contribution >= 0.6 is 0 Å². The molecule has 0 spiro atoms. The van der Waals surface area contributed by atoms with E-state index in [-0.39, 0.29) is 17.4 Å². The number of carbonyl (C=O) groups excluding carboxylic acids is 1. The van der Waals surface area contributed by atoms with Crippen LogP contribution in [0.2, 0.25) is 0 Å². The highest BCUT2D eigenvalue weighted by Gasteiger charge is 2.60. The smallest absolute Gasteiger partial charge is 0.251 e. The number of fused-ring (bicyclic) bond motifs is 1. The van der Waals surface area contributed by atoms with Crippen LogP contribution in [0.3, 0.4) is 0 Å². The Kier molecular flexibility index (Phi) is 4.47. The Morgan fingerprint density at radius 1 is 1.38 bits per heavy atom. The fourth-order valence-electron chi connectivity index (χ4n) is 5.11. The molecule has 2 fully saturated rings. The minimum Gasteiger partial charge on any atom is -0.387 e. The second-order valence-electron chi connectivity index (χ2n) is 7.57. The van der Waals surface area contributed by atoms with E-state index in [4.69, 9.17) is 0 Å². The summed E-state index contributed by atoms with van der Waals surface area (Å²) in [6.45, 7) is 5.28. The summed E-state index contributed by atoms with van der Waals surface area (Å²) in [6, 6.07) is 6.16. The molecular weight excluding hydrogens is 300 g/mol. The lowest BCUT2D eigenvalue weighted by molar-refractivity contribution is -0.110. The summed E-state index contributed by atoms with van der Waals surface area (Å²) in [7, 11) is 3.77. The lowest BCUT2D eigenvalue weighted by Gasteiger charge is -2.54. The fourth-order valence-corrected chi connectivity index (χ4v) is 5.11. The first-order valence-corrected chi connectivity index (χ1v) is 9.17. The SMILES string of the molecule is CCc1ccc(C(=O)NC)cc1C12CCCC1(O)C(C)N(C)CC2. The number of likely N-dealkylation sites (N-methyl/N-ethyl adjacent to an activating group) is 1. The molecule has 2 aliphatic rings. The molecule has 3 atom stereocenters. The number of rotatable bonds is 3. The molecule has 0 aromatic heterocycles. The Bertz CT molecular complexity index is 645. The average Bonchev–Trinajstić information content (AvgIpc) is 2.96. The second-order valence-corrected chi connectivity index (χ2v) is 7.57. The number of aliphatic hydroxyl groups is 1. The van der Waals surface area contributed by atoms with Crippen LogP contribution in [0.15, 0.2) is 18.2 Å². The van der Waals surface area contributed by atoms with Crippen molar-refractivity contribution in [2.24, 2.45) is 0 Å². The van der Waals surface area contributed by atoms with Crippen LogP contribution in [-0.4, -0.2) is 48.2 Å². The number of amides is 1. The topological polar surface area (TPSA) is 52.6 Å². The van der Waals surface area contributed by atoms with E-state index in [1.165, 1.54) is 11.1 Å². The molecule has 1 aromatic carbocycles. The number of hydrogen-bond acceptors (Lipinski definition) is 3. The third-order valence-corrected chi connectivity index (χ3v) is 6.73. The molecule has 1 heterocycles. The maximum absolute atomic E-state index is 12.2. The van der Waals surface area contributed by atoms with Crippen molar-refractivity contribution in [3.63, 3.8) is 0 Å². The molecule has 24 heavy (non-hydrogen) atoms. The van der Waals surface area contributed by atoms with Crippen LogP contribution in [0.4, 0.5) is 0 Å². The van der Waals surface area contributed by atoms with Crippen molar-refractivity contribution in [3.05, 3.63) is 34.9 Å². The number of likely N-dealkylation sites (tertiary alicyclic amines) is 1. The van der Waals surface area contributed by atoms with Crippen LogP contribution in [0.5, 0.6) is 0 Å². The molecule has 1 amide bonds. The molecule has 3 rings (SSSR count). The highest BCUT2D eigenvalue weighted by molar-refractivity contribution is 5.94. The maximum atomic E-state index is 12.2. The Morgan fingerprint density at radius 3 is 2.79 bits per heavy atom. The molecular formula is C20H30N2O2. The van der Waals surface area contributed by atoms with E-state index in [2.05, 4.69) is 37.2 Å². The summed E-state index contributed by atoms with van der Waals surface area (Å²) < 4.78 is 0. The summed E-state index contributed by atoms with van der Waals surface area (Å²) in [5.74, 6) is -0.0576. The van der Waals surface area contributed by atoms with Crippen molar-refractivity contribution >= 4 is 5.91 Å². The Hall–Kier alpha value is -1.39. The quantitative estimate of drug-likeness (QED) is 0.895. The number of aryl methyl sites for hydroxylation is 1. The van der Waals surface area contributed by atoms with Crippen LogP contribution in [0.1, 0.15) is 61.0 Å². The summed E-state index contributed by atoms with van der Waals surface area (Å²) in [6.07, 6.45) is 4.76. The van der Waals surface area contributed by atoms with Crippen LogP contribution in [0.25, 0.3) is 0 Å². The van der Waals surface area contributed by atoms with Gasteiger partial charge in [-0.1, -0.05) is 13.0 Å².